The minimum absolute atomic E-state index is 0.392. The summed E-state index contributed by atoms with van der Waals surface area (Å²) in [4.78, 5) is 12.2. The third-order valence-electron chi connectivity index (χ3n) is 2.84. The lowest BCUT2D eigenvalue weighted by Crippen LogP contribution is -2.25. The second kappa shape index (κ2) is 5.54. The SMILES string of the molecule is CCCC(C)c1ccccc1N(C)C(=O)O. The quantitative estimate of drug-likeness (QED) is 0.842. The molecule has 0 saturated carbocycles. The maximum atomic E-state index is 11.0. The van der Waals surface area contributed by atoms with Gasteiger partial charge in [0.15, 0.2) is 0 Å². The summed E-state index contributed by atoms with van der Waals surface area (Å²) in [5.41, 5.74) is 1.89. The van der Waals surface area contributed by atoms with Gasteiger partial charge in [0.2, 0.25) is 0 Å². The summed E-state index contributed by atoms with van der Waals surface area (Å²) in [6, 6.07) is 7.70. The van der Waals surface area contributed by atoms with Gasteiger partial charge < -0.3 is 5.11 Å². The second-order valence-electron chi connectivity index (χ2n) is 4.09. The molecule has 1 unspecified atom stereocenters. The number of hydrogen-bond acceptors (Lipinski definition) is 1. The van der Waals surface area contributed by atoms with Crippen LogP contribution in [0.2, 0.25) is 0 Å². The van der Waals surface area contributed by atoms with Gasteiger partial charge in [0.05, 0.1) is 5.69 Å². The smallest absolute Gasteiger partial charge is 0.411 e. The number of rotatable bonds is 4. The van der Waals surface area contributed by atoms with Gasteiger partial charge in [-0.05, 0) is 24.0 Å². The third-order valence-corrected chi connectivity index (χ3v) is 2.84. The van der Waals surface area contributed by atoms with E-state index >= 15 is 0 Å². The van der Waals surface area contributed by atoms with Crippen molar-refractivity contribution in [2.45, 2.75) is 32.6 Å². The van der Waals surface area contributed by atoms with Crippen molar-refractivity contribution in [2.24, 2.45) is 0 Å². The summed E-state index contributed by atoms with van der Waals surface area (Å²) in [5, 5.41) is 9.00. The number of hydrogen-bond donors (Lipinski definition) is 1. The predicted molar refractivity (Wildman–Crippen MR) is 66.2 cm³/mol. The second-order valence-corrected chi connectivity index (χ2v) is 4.09. The minimum atomic E-state index is -0.920. The van der Waals surface area contributed by atoms with Crippen LogP contribution in [0.5, 0.6) is 0 Å². The Morgan fingerprint density at radius 3 is 2.62 bits per heavy atom. The molecule has 0 fully saturated rings. The molecule has 1 amide bonds. The normalized spacial score (nSPS) is 12.2. The van der Waals surface area contributed by atoms with E-state index in [2.05, 4.69) is 13.8 Å². The summed E-state index contributed by atoms with van der Waals surface area (Å²) in [5.74, 6) is 0.392. The molecule has 1 aromatic carbocycles. The first-order valence-electron chi connectivity index (χ1n) is 5.63. The van der Waals surface area contributed by atoms with Crippen LogP contribution in [0, 0.1) is 0 Å². The number of anilines is 1. The van der Waals surface area contributed by atoms with Gasteiger partial charge in [-0.25, -0.2) is 4.79 Å². The van der Waals surface area contributed by atoms with Gasteiger partial charge in [-0.2, -0.15) is 0 Å². The van der Waals surface area contributed by atoms with Crippen LogP contribution >= 0.6 is 0 Å². The van der Waals surface area contributed by atoms with Gasteiger partial charge in [-0.3, -0.25) is 4.90 Å². The molecular formula is C13H19NO2. The van der Waals surface area contributed by atoms with E-state index in [1.807, 2.05) is 24.3 Å². The maximum absolute atomic E-state index is 11.0. The van der Waals surface area contributed by atoms with E-state index in [0.29, 0.717) is 5.92 Å². The maximum Gasteiger partial charge on any atom is 0.411 e. The zero-order chi connectivity index (χ0) is 12.1. The van der Waals surface area contributed by atoms with Gasteiger partial charge in [-0.1, -0.05) is 38.5 Å². The standard InChI is InChI=1S/C13H19NO2/c1-4-7-10(2)11-8-5-6-9-12(11)14(3)13(15)16/h5-6,8-10H,4,7H2,1-3H3,(H,15,16). The lowest BCUT2D eigenvalue weighted by Gasteiger charge is -2.21. The van der Waals surface area contributed by atoms with Crippen LogP contribution in [0.4, 0.5) is 10.5 Å². The van der Waals surface area contributed by atoms with E-state index in [9.17, 15) is 4.79 Å². The average Bonchev–Trinajstić information content (AvgIpc) is 2.28. The molecule has 16 heavy (non-hydrogen) atoms. The molecule has 1 aromatic rings. The summed E-state index contributed by atoms with van der Waals surface area (Å²) in [6.45, 7) is 4.28. The van der Waals surface area contributed by atoms with Crippen molar-refractivity contribution in [1.29, 1.82) is 0 Å². The van der Waals surface area contributed by atoms with Crippen molar-refractivity contribution in [3.8, 4) is 0 Å². The first kappa shape index (κ1) is 12.6. The van der Waals surface area contributed by atoms with Crippen LogP contribution in [-0.2, 0) is 0 Å². The molecule has 1 N–H and O–H groups in total. The highest BCUT2D eigenvalue weighted by Crippen LogP contribution is 2.29. The highest BCUT2D eigenvalue weighted by molar-refractivity contribution is 5.86. The number of carboxylic acid groups (broad SMARTS) is 1. The molecule has 88 valence electrons. The van der Waals surface area contributed by atoms with Crippen molar-refractivity contribution in [3.63, 3.8) is 0 Å². The monoisotopic (exact) mass is 221 g/mol. The fourth-order valence-corrected chi connectivity index (χ4v) is 1.90. The van der Waals surface area contributed by atoms with E-state index in [-0.39, 0.29) is 0 Å². The average molecular weight is 221 g/mol. The van der Waals surface area contributed by atoms with Crippen molar-refractivity contribution in [1.82, 2.24) is 0 Å². The van der Waals surface area contributed by atoms with Gasteiger partial charge in [-0.15, -0.1) is 0 Å². The van der Waals surface area contributed by atoms with Gasteiger partial charge in [0, 0.05) is 7.05 Å². The highest BCUT2D eigenvalue weighted by Gasteiger charge is 2.15. The molecular weight excluding hydrogens is 202 g/mol. The minimum Gasteiger partial charge on any atom is -0.465 e. The van der Waals surface area contributed by atoms with Gasteiger partial charge >= 0.3 is 6.09 Å². The van der Waals surface area contributed by atoms with E-state index in [1.54, 1.807) is 7.05 Å². The summed E-state index contributed by atoms with van der Waals surface area (Å²) < 4.78 is 0. The summed E-state index contributed by atoms with van der Waals surface area (Å²) in [7, 11) is 1.58. The Morgan fingerprint density at radius 1 is 1.44 bits per heavy atom. The summed E-state index contributed by atoms with van der Waals surface area (Å²) >= 11 is 0. The Morgan fingerprint density at radius 2 is 2.06 bits per heavy atom. The van der Waals surface area contributed by atoms with Crippen molar-refractivity contribution in [3.05, 3.63) is 29.8 Å². The highest BCUT2D eigenvalue weighted by atomic mass is 16.4. The van der Waals surface area contributed by atoms with Crippen LogP contribution < -0.4 is 4.90 Å². The van der Waals surface area contributed by atoms with Crippen LogP contribution in [0.3, 0.4) is 0 Å². The van der Waals surface area contributed by atoms with E-state index in [0.717, 1.165) is 24.1 Å². The number of benzene rings is 1. The van der Waals surface area contributed by atoms with E-state index < -0.39 is 6.09 Å². The number of para-hydroxylation sites is 1. The fourth-order valence-electron chi connectivity index (χ4n) is 1.90. The fraction of sp³-hybridized carbons (Fsp3) is 0.462. The third kappa shape index (κ3) is 2.75. The van der Waals surface area contributed by atoms with Crippen LogP contribution in [0.15, 0.2) is 24.3 Å². The molecule has 3 nitrogen and oxygen atoms in total. The van der Waals surface area contributed by atoms with E-state index in [1.165, 1.54) is 4.90 Å². The Hall–Kier alpha value is -1.51. The lowest BCUT2D eigenvalue weighted by atomic mass is 9.94. The van der Waals surface area contributed by atoms with Crippen LogP contribution in [-0.4, -0.2) is 18.2 Å². The number of nitrogens with zero attached hydrogens (tertiary/aromatic N) is 1. The first-order valence-corrected chi connectivity index (χ1v) is 5.63. The molecule has 0 aliphatic heterocycles. The molecule has 0 aliphatic rings. The van der Waals surface area contributed by atoms with Crippen molar-refractivity contribution >= 4 is 11.8 Å². The van der Waals surface area contributed by atoms with Gasteiger partial charge in [0.1, 0.15) is 0 Å². The number of carbonyl (C=O) groups is 1. The molecule has 1 rings (SSSR count). The van der Waals surface area contributed by atoms with Crippen LogP contribution in [0.25, 0.3) is 0 Å². The van der Waals surface area contributed by atoms with E-state index in [4.69, 9.17) is 5.11 Å². The van der Waals surface area contributed by atoms with Gasteiger partial charge in [0.25, 0.3) is 0 Å². The summed E-state index contributed by atoms with van der Waals surface area (Å²) in [6.07, 6.45) is 1.26. The largest absolute Gasteiger partial charge is 0.465 e. The Balaban J connectivity index is 3.04. The Bertz CT molecular complexity index is 363. The molecule has 0 saturated heterocycles. The molecule has 0 aromatic heterocycles. The van der Waals surface area contributed by atoms with Crippen molar-refractivity contribution < 1.29 is 9.90 Å². The molecule has 0 bridgehead atoms. The molecule has 0 spiro atoms. The molecule has 0 aliphatic carbocycles. The van der Waals surface area contributed by atoms with Crippen LogP contribution in [0.1, 0.15) is 38.2 Å². The molecule has 3 heteroatoms. The lowest BCUT2D eigenvalue weighted by molar-refractivity contribution is 0.203. The topological polar surface area (TPSA) is 40.5 Å². The Kier molecular flexibility index (Phi) is 4.35. The molecule has 0 heterocycles. The molecule has 0 radical (unpaired) electrons. The Labute approximate surface area is 96.7 Å². The predicted octanol–water partition coefficient (Wildman–Crippen LogP) is 3.70. The zero-order valence-electron chi connectivity index (χ0n) is 10.1. The molecule has 1 atom stereocenters. The first-order chi connectivity index (χ1) is 7.57. The zero-order valence-corrected chi connectivity index (χ0v) is 10.1. The number of amides is 1. The van der Waals surface area contributed by atoms with Crippen molar-refractivity contribution in [2.75, 3.05) is 11.9 Å².